The van der Waals surface area contributed by atoms with Crippen molar-refractivity contribution in [3.8, 4) is 0 Å². The van der Waals surface area contributed by atoms with Gasteiger partial charge in [-0.05, 0) is 37.0 Å². The first-order valence-electron chi connectivity index (χ1n) is 8.55. The molecule has 0 aromatic rings. The first-order valence-corrected chi connectivity index (χ1v) is 8.55. The summed E-state index contributed by atoms with van der Waals surface area (Å²) < 4.78 is 9.89. The summed E-state index contributed by atoms with van der Waals surface area (Å²) in [5.41, 5.74) is 0.206. The molecule has 1 saturated carbocycles. The van der Waals surface area contributed by atoms with E-state index in [0.717, 1.165) is 19.3 Å². The molecule has 2 rings (SSSR count). The zero-order chi connectivity index (χ0) is 17.0. The van der Waals surface area contributed by atoms with Crippen molar-refractivity contribution in [1.29, 1.82) is 0 Å². The number of carbonyl (C=O) groups is 2. The van der Waals surface area contributed by atoms with Gasteiger partial charge in [0.25, 0.3) is 0 Å². The Morgan fingerprint density at radius 2 is 1.87 bits per heavy atom. The van der Waals surface area contributed by atoms with Crippen molar-refractivity contribution in [2.45, 2.75) is 46.0 Å². The van der Waals surface area contributed by atoms with E-state index in [1.54, 1.807) is 0 Å². The van der Waals surface area contributed by atoms with Crippen LogP contribution in [0.5, 0.6) is 0 Å². The number of methoxy groups -OCH3 is 2. The molecule has 1 fully saturated rings. The monoisotopic (exact) mass is 320 g/mol. The molecule has 0 N–H and O–H groups in total. The van der Waals surface area contributed by atoms with Crippen LogP contribution in [0.3, 0.4) is 0 Å². The lowest BCUT2D eigenvalue weighted by atomic mass is 9.76. The van der Waals surface area contributed by atoms with Crippen LogP contribution in [0.15, 0.2) is 23.8 Å². The summed E-state index contributed by atoms with van der Waals surface area (Å²) in [6, 6.07) is 0. The van der Waals surface area contributed by atoms with Crippen LogP contribution in [0.2, 0.25) is 0 Å². The molecular formula is C19H28O4. The van der Waals surface area contributed by atoms with E-state index in [1.165, 1.54) is 19.8 Å². The second kappa shape index (κ2) is 7.33. The van der Waals surface area contributed by atoms with Crippen LogP contribution in [-0.2, 0) is 19.1 Å². The molecule has 23 heavy (non-hydrogen) atoms. The number of hydrogen-bond acceptors (Lipinski definition) is 4. The molecule has 4 heteroatoms. The van der Waals surface area contributed by atoms with E-state index in [1.807, 2.05) is 0 Å². The summed E-state index contributed by atoms with van der Waals surface area (Å²) in [6.45, 7) is 4.36. The van der Waals surface area contributed by atoms with Crippen molar-refractivity contribution in [3.05, 3.63) is 23.8 Å². The van der Waals surface area contributed by atoms with Gasteiger partial charge in [0.1, 0.15) is 0 Å². The van der Waals surface area contributed by atoms with Gasteiger partial charge in [-0.3, -0.25) is 9.59 Å². The molecule has 0 aliphatic heterocycles. The molecule has 0 heterocycles. The third-order valence-electron chi connectivity index (χ3n) is 5.36. The molecule has 0 amide bonds. The highest BCUT2D eigenvalue weighted by atomic mass is 16.5. The lowest BCUT2D eigenvalue weighted by Gasteiger charge is -2.28. The quantitative estimate of drug-likeness (QED) is 0.336. The fourth-order valence-electron chi connectivity index (χ4n) is 4.10. The molecule has 3 atom stereocenters. The predicted molar refractivity (Wildman–Crippen MR) is 88.6 cm³/mol. The Kier molecular flexibility index (Phi) is 5.66. The predicted octanol–water partition coefficient (Wildman–Crippen LogP) is 3.67. The topological polar surface area (TPSA) is 52.6 Å². The summed E-state index contributed by atoms with van der Waals surface area (Å²) in [5, 5.41) is 0. The van der Waals surface area contributed by atoms with Gasteiger partial charge in [-0.1, -0.05) is 50.5 Å². The van der Waals surface area contributed by atoms with Crippen LogP contribution in [-0.4, -0.2) is 26.2 Å². The van der Waals surface area contributed by atoms with Crippen LogP contribution < -0.4 is 0 Å². The molecular weight excluding hydrogens is 292 g/mol. The van der Waals surface area contributed by atoms with E-state index in [0.29, 0.717) is 18.8 Å². The standard InChI is InChI=1S/C19H28O4/c1-5-6-7-8-15-13(2)9-10-14-11-19(12-16(14)15,17(20)22-3)18(21)23-4/h8-10,13-14,16H,5-7,11-12H2,1-4H3/b15-8+/t13-,14-,16+/m1/s1. The maximum absolute atomic E-state index is 12.4. The van der Waals surface area contributed by atoms with Gasteiger partial charge in [0, 0.05) is 0 Å². The van der Waals surface area contributed by atoms with Gasteiger partial charge in [-0.2, -0.15) is 0 Å². The first-order chi connectivity index (χ1) is 11.0. The molecule has 2 aliphatic rings. The summed E-state index contributed by atoms with van der Waals surface area (Å²) in [7, 11) is 2.68. The summed E-state index contributed by atoms with van der Waals surface area (Å²) in [4.78, 5) is 24.7. The molecule has 128 valence electrons. The van der Waals surface area contributed by atoms with Gasteiger partial charge >= 0.3 is 11.9 Å². The van der Waals surface area contributed by atoms with E-state index >= 15 is 0 Å². The Labute approximate surface area is 138 Å². The summed E-state index contributed by atoms with van der Waals surface area (Å²) in [5.74, 6) is -0.137. The molecule has 0 aromatic carbocycles. The maximum atomic E-state index is 12.4. The Morgan fingerprint density at radius 3 is 2.43 bits per heavy atom. The number of unbranched alkanes of at least 4 members (excludes halogenated alkanes) is 2. The van der Waals surface area contributed by atoms with Crippen molar-refractivity contribution < 1.29 is 19.1 Å². The van der Waals surface area contributed by atoms with Crippen LogP contribution >= 0.6 is 0 Å². The average Bonchev–Trinajstić information content (AvgIpc) is 2.96. The van der Waals surface area contributed by atoms with Crippen LogP contribution in [0.25, 0.3) is 0 Å². The highest BCUT2D eigenvalue weighted by molar-refractivity contribution is 6.00. The number of fused-ring (bicyclic) bond motifs is 1. The van der Waals surface area contributed by atoms with Crippen molar-refractivity contribution in [2.75, 3.05) is 14.2 Å². The minimum absolute atomic E-state index is 0.206. The number of esters is 2. The number of ether oxygens (including phenoxy) is 2. The third kappa shape index (κ3) is 3.22. The molecule has 0 spiro atoms. The van der Waals surface area contributed by atoms with Gasteiger partial charge in [-0.15, -0.1) is 0 Å². The van der Waals surface area contributed by atoms with Crippen LogP contribution in [0, 0.1) is 23.2 Å². The van der Waals surface area contributed by atoms with E-state index in [-0.39, 0.29) is 11.8 Å². The number of rotatable bonds is 5. The lowest BCUT2D eigenvalue weighted by molar-refractivity contribution is -0.168. The lowest BCUT2D eigenvalue weighted by Crippen LogP contribution is -2.39. The second-order valence-corrected chi connectivity index (χ2v) is 6.76. The normalized spacial score (nSPS) is 30.1. The molecule has 0 radical (unpaired) electrons. The van der Waals surface area contributed by atoms with Crippen LogP contribution in [0.1, 0.15) is 46.0 Å². The van der Waals surface area contributed by atoms with E-state index in [2.05, 4.69) is 32.1 Å². The fraction of sp³-hybridized carbons (Fsp3) is 0.684. The van der Waals surface area contributed by atoms with Crippen molar-refractivity contribution in [2.24, 2.45) is 23.2 Å². The van der Waals surface area contributed by atoms with Gasteiger partial charge in [0.15, 0.2) is 5.41 Å². The number of carbonyl (C=O) groups excluding carboxylic acids is 2. The largest absolute Gasteiger partial charge is 0.468 e. The number of hydrogen-bond donors (Lipinski definition) is 0. The molecule has 0 saturated heterocycles. The average molecular weight is 320 g/mol. The fourth-order valence-corrected chi connectivity index (χ4v) is 4.10. The zero-order valence-electron chi connectivity index (χ0n) is 14.6. The minimum Gasteiger partial charge on any atom is -0.468 e. The smallest absolute Gasteiger partial charge is 0.323 e. The van der Waals surface area contributed by atoms with Gasteiger partial charge in [-0.25, -0.2) is 0 Å². The Bertz CT molecular complexity index is 501. The SMILES string of the molecule is CCCC/C=C1\[C@H](C)C=C[C@@H]2CC(C(=O)OC)(C(=O)OC)C[C@H]12. The molecule has 4 nitrogen and oxygen atoms in total. The van der Waals surface area contributed by atoms with Crippen molar-refractivity contribution >= 4 is 11.9 Å². The Morgan fingerprint density at radius 1 is 1.22 bits per heavy atom. The van der Waals surface area contributed by atoms with E-state index in [4.69, 9.17) is 9.47 Å². The maximum Gasteiger partial charge on any atom is 0.323 e. The first kappa shape index (κ1) is 17.8. The Balaban J connectivity index is 2.32. The van der Waals surface area contributed by atoms with Crippen molar-refractivity contribution in [3.63, 3.8) is 0 Å². The highest BCUT2D eigenvalue weighted by Crippen LogP contribution is 2.53. The van der Waals surface area contributed by atoms with Crippen LogP contribution in [0.4, 0.5) is 0 Å². The molecule has 2 aliphatic carbocycles. The van der Waals surface area contributed by atoms with Crippen molar-refractivity contribution in [1.82, 2.24) is 0 Å². The summed E-state index contributed by atoms with van der Waals surface area (Å²) >= 11 is 0. The van der Waals surface area contributed by atoms with E-state index < -0.39 is 17.4 Å². The third-order valence-corrected chi connectivity index (χ3v) is 5.36. The Hall–Kier alpha value is -1.58. The second-order valence-electron chi connectivity index (χ2n) is 6.76. The van der Waals surface area contributed by atoms with Gasteiger partial charge < -0.3 is 9.47 Å². The molecule has 0 aromatic heterocycles. The molecule has 0 bridgehead atoms. The summed E-state index contributed by atoms with van der Waals surface area (Å²) in [6.07, 6.45) is 11.0. The minimum atomic E-state index is -1.16. The molecule has 0 unspecified atom stereocenters. The van der Waals surface area contributed by atoms with Gasteiger partial charge in [0.2, 0.25) is 0 Å². The van der Waals surface area contributed by atoms with E-state index in [9.17, 15) is 9.59 Å². The van der Waals surface area contributed by atoms with Gasteiger partial charge in [0.05, 0.1) is 14.2 Å². The highest BCUT2D eigenvalue weighted by Gasteiger charge is 2.58. The number of allylic oxidation sites excluding steroid dienone is 4. The zero-order valence-corrected chi connectivity index (χ0v) is 14.6.